The third-order valence-electron chi connectivity index (χ3n) is 1.88. The van der Waals surface area contributed by atoms with Crippen molar-refractivity contribution in [2.75, 3.05) is 6.61 Å². The molecule has 0 aliphatic heterocycles. The van der Waals surface area contributed by atoms with Gasteiger partial charge in [0.1, 0.15) is 5.75 Å². The first-order chi connectivity index (χ1) is 6.56. The minimum Gasteiger partial charge on any atom is -0.508 e. The molecule has 4 N–H and O–H groups in total. The molecule has 0 aromatic heterocycles. The van der Waals surface area contributed by atoms with Crippen LogP contribution < -0.4 is 5.73 Å². The summed E-state index contributed by atoms with van der Waals surface area (Å²) in [7, 11) is 0. The number of hydrogen-bond acceptors (Lipinski definition) is 3. The Morgan fingerprint density at radius 2 is 1.93 bits per heavy atom. The van der Waals surface area contributed by atoms with E-state index in [1.807, 2.05) is 6.07 Å². The van der Waals surface area contributed by atoms with Crippen LogP contribution in [0.3, 0.4) is 0 Å². The monoisotopic (exact) mass is 359 g/mol. The first kappa shape index (κ1) is 15.2. The zero-order chi connectivity index (χ0) is 10.7. The van der Waals surface area contributed by atoms with Crippen molar-refractivity contribution >= 4 is 44.3 Å². The molecule has 1 aromatic rings. The summed E-state index contributed by atoms with van der Waals surface area (Å²) < 4.78 is 1.52. The van der Waals surface area contributed by atoms with Gasteiger partial charge in [-0.2, -0.15) is 0 Å². The molecule has 0 saturated heterocycles. The summed E-state index contributed by atoms with van der Waals surface area (Å²) in [5.41, 5.74) is 6.42. The predicted molar refractivity (Wildman–Crippen MR) is 69.4 cm³/mol. The lowest BCUT2D eigenvalue weighted by atomic mass is 10.0. The molecule has 0 aliphatic rings. The van der Waals surface area contributed by atoms with Crippen LogP contribution in [0.5, 0.6) is 5.75 Å². The second kappa shape index (κ2) is 6.70. The molecule has 0 bridgehead atoms. The summed E-state index contributed by atoms with van der Waals surface area (Å²) in [5, 5.41) is 18.4. The number of phenols is 1. The van der Waals surface area contributed by atoms with Crippen molar-refractivity contribution in [3.8, 4) is 5.75 Å². The van der Waals surface area contributed by atoms with Gasteiger partial charge in [-0.15, -0.1) is 12.4 Å². The molecule has 1 atom stereocenters. The van der Waals surface area contributed by atoms with E-state index in [1.165, 1.54) is 0 Å². The number of halogens is 3. The second-order valence-electron chi connectivity index (χ2n) is 2.94. The average Bonchev–Trinajstić information content (AvgIpc) is 2.01. The van der Waals surface area contributed by atoms with Crippen LogP contribution in [0.25, 0.3) is 0 Å². The quantitative estimate of drug-likeness (QED) is 0.776. The molecule has 86 valence electrons. The molecule has 0 unspecified atom stereocenters. The third kappa shape index (κ3) is 3.92. The number of benzene rings is 1. The largest absolute Gasteiger partial charge is 0.508 e. The fraction of sp³-hybridized carbons (Fsp3) is 0.333. The van der Waals surface area contributed by atoms with E-state index in [0.717, 1.165) is 8.95 Å². The summed E-state index contributed by atoms with van der Waals surface area (Å²) in [4.78, 5) is 0. The van der Waals surface area contributed by atoms with Gasteiger partial charge in [-0.05, 0) is 18.6 Å². The number of rotatable bonds is 3. The predicted octanol–water partition coefficient (Wildman–Crippen LogP) is 2.72. The number of aliphatic hydroxyl groups is 1. The van der Waals surface area contributed by atoms with Crippen LogP contribution in [0.1, 0.15) is 18.0 Å². The fourth-order valence-electron chi connectivity index (χ4n) is 1.22. The van der Waals surface area contributed by atoms with Crippen LogP contribution in [0.15, 0.2) is 21.1 Å². The highest BCUT2D eigenvalue weighted by Gasteiger charge is 2.14. The van der Waals surface area contributed by atoms with Gasteiger partial charge in [0.2, 0.25) is 0 Å². The Hall–Kier alpha value is 0.190. The van der Waals surface area contributed by atoms with Crippen LogP contribution in [0.2, 0.25) is 0 Å². The third-order valence-corrected chi connectivity index (χ3v) is 3.00. The Bertz CT molecular complexity index is 313. The molecule has 15 heavy (non-hydrogen) atoms. The topological polar surface area (TPSA) is 66.5 Å². The van der Waals surface area contributed by atoms with E-state index in [1.54, 1.807) is 6.07 Å². The smallest absolute Gasteiger partial charge is 0.122 e. The number of aliphatic hydroxyl groups excluding tert-OH is 1. The van der Waals surface area contributed by atoms with Crippen LogP contribution in [0.4, 0.5) is 0 Å². The van der Waals surface area contributed by atoms with Crippen molar-refractivity contribution in [3.05, 3.63) is 26.6 Å². The minimum atomic E-state index is -0.359. The van der Waals surface area contributed by atoms with Crippen molar-refractivity contribution in [2.24, 2.45) is 5.73 Å². The molecular formula is C9H12Br2ClNO2. The van der Waals surface area contributed by atoms with Gasteiger partial charge in [0.15, 0.2) is 0 Å². The number of nitrogens with two attached hydrogens (primary N) is 1. The molecule has 0 saturated carbocycles. The molecular weight excluding hydrogens is 349 g/mol. The highest BCUT2D eigenvalue weighted by Crippen LogP contribution is 2.35. The molecule has 0 heterocycles. The van der Waals surface area contributed by atoms with Gasteiger partial charge in [0, 0.05) is 27.2 Å². The fourth-order valence-corrected chi connectivity index (χ4v) is 2.72. The zero-order valence-electron chi connectivity index (χ0n) is 7.78. The lowest BCUT2D eigenvalue weighted by molar-refractivity contribution is 0.275. The van der Waals surface area contributed by atoms with Gasteiger partial charge in [-0.1, -0.05) is 31.9 Å². The SMILES string of the molecule is Cl.N[C@H](CCO)c1c(O)cc(Br)cc1Br. The maximum absolute atomic E-state index is 9.65. The van der Waals surface area contributed by atoms with Crippen molar-refractivity contribution in [1.29, 1.82) is 0 Å². The van der Waals surface area contributed by atoms with Crippen LogP contribution in [-0.2, 0) is 0 Å². The Kier molecular flexibility index (Phi) is 6.79. The maximum Gasteiger partial charge on any atom is 0.122 e. The molecule has 0 fully saturated rings. The Labute approximate surface area is 111 Å². The van der Waals surface area contributed by atoms with E-state index >= 15 is 0 Å². The number of aromatic hydroxyl groups is 1. The summed E-state index contributed by atoms with van der Waals surface area (Å²) in [6.45, 7) is 0.00309. The lowest BCUT2D eigenvalue weighted by Crippen LogP contribution is -2.12. The summed E-state index contributed by atoms with van der Waals surface area (Å²) in [6.07, 6.45) is 0.424. The van der Waals surface area contributed by atoms with Crippen LogP contribution in [-0.4, -0.2) is 16.8 Å². The summed E-state index contributed by atoms with van der Waals surface area (Å²) in [6, 6.07) is 3.03. The van der Waals surface area contributed by atoms with Crippen molar-refractivity contribution in [3.63, 3.8) is 0 Å². The van der Waals surface area contributed by atoms with E-state index in [2.05, 4.69) is 31.9 Å². The number of phenolic OH excluding ortho intramolecular Hbond substituents is 1. The van der Waals surface area contributed by atoms with Gasteiger partial charge in [0.05, 0.1) is 0 Å². The number of hydrogen-bond donors (Lipinski definition) is 3. The van der Waals surface area contributed by atoms with E-state index in [9.17, 15) is 5.11 Å². The maximum atomic E-state index is 9.65. The van der Waals surface area contributed by atoms with Crippen molar-refractivity contribution < 1.29 is 10.2 Å². The minimum absolute atomic E-state index is 0. The van der Waals surface area contributed by atoms with Gasteiger partial charge in [0.25, 0.3) is 0 Å². The van der Waals surface area contributed by atoms with Crippen LogP contribution >= 0.6 is 44.3 Å². The highest BCUT2D eigenvalue weighted by atomic mass is 79.9. The van der Waals surface area contributed by atoms with Crippen molar-refractivity contribution in [2.45, 2.75) is 12.5 Å². The molecule has 6 heteroatoms. The summed E-state index contributed by atoms with van der Waals surface area (Å²) >= 11 is 6.57. The Balaban J connectivity index is 0.00000196. The first-order valence-electron chi connectivity index (χ1n) is 4.10. The van der Waals surface area contributed by atoms with Gasteiger partial charge < -0.3 is 15.9 Å². The molecule has 3 nitrogen and oxygen atoms in total. The summed E-state index contributed by atoms with van der Waals surface area (Å²) in [5.74, 6) is 0.132. The highest BCUT2D eigenvalue weighted by molar-refractivity contribution is 9.11. The molecule has 0 radical (unpaired) electrons. The van der Waals surface area contributed by atoms with E-state index in [4.69, 9.17) is 10.8 Å². The molecule has 1 rings (SSSR count). The van der Waals surface area contributed by atoms with Gasteiger partial charge in [-0.3, -0.25) is 0 Å². The lowest BCUT2D eigenvalue weighted by Gasteiger charge is -2.14. The van der Waals surface area contributed by atoms with Crippen LogP contribution in [0, 0.1) is 0 Å². The average molecular weight is 361 g/mol. The van der Waals surface area contributed by atoms with Crippen molar-refractivity contribution in [1.82, 2.24) is 0 Å². The molecule has 0 spiro atoms. The Morgan fingerprint density at radius 3 is 2.40 bits per heavy atom. The molecule has 0 amide bonds. The standard InChI is InChI=1S/C9H11Br2NO2.ClH/c10-5-3-6(11)9(8(14)4-5)7(12)1-2-13;/h3-4,7,13-14H,1-2,12H2;1H/t7-;/m1./s1. The first-order valence-corrected chi connectivity index (χ1v) is 5.69. The normalized spacial score (nSPS) is 12.0. The van der Waals surface area contributed by atoms with Gasteiger partial charge >= 0.3 is 0 Å². The van der Waals surface area contributed by atoms with E-state index < -0.39 is 0 Å². The van der Waals surface area contributed by atoms with E-state index in [0.29, 0.717) is 12.0 Å². The molecule has 0 aliphatic carbocycles. The second-order valence-corrected chi connectivity index (χ2v) is 4.71. The zero-order valence-corrected chi connectivity index (χ0v) is 11.8. The van der Waals surface area contributed by atoms with Gasteiger partial charge in [-0.25, -0.2) is 0 Å². The van der Waals surface area contributed by atoms with E-state index in [-0.39, 0.29) is 30.8 Å². The Morgan fingerprint density at radius 1 is 1.33 bits per heavy atom. The molecule has 1 aromatic carbocycles.